The number of rotatable bonds is 7. The van der Waals surface area contributed by atoms with Gasteiger partial charge in [-0.1, -0.05) is 23.7 Å². The number of hydrogen-bond donors (Lipinski definition) is 1. The van der Waals surface area contributed by atoms with E-state index in [9.17, 15) is 16.8 Å². The van der Waals surface area contributed by atoms with Gasteiger partial charge >= 0.3 is 0 Å². The average Bonchev–Trinajstić information content (AvgIpc) is 2.99. The Morgan fingerprint density at radius 2 is 1.71 bits per heavy atom. The van der Waals surface area contributed by atoms with Gasteiger partial charge in [0.2, 0.25) is 0 Å². The van der Waals surface area contributed by atoms with E-state index < -0.39 is 31.0 Å². The van der Waals surface area contributed by atoms with Gasteiger partial charge < -0.3 is 10.1 Å². The Morgan fingerprint density at radius 1 is 1.07 bits per heavy atom. The Kier molecular flexibility index (Phi) is 6.34. The minimum Gasteiger partial charge on any atom is -0.497 e. The van der Waals surface area contributed by atoms with Gasteiger partial charge in [0.25, 0.3) is 0 Å². The van der Waals surface area contributed by atoms with Crippen LogP contribution < -0.4 is 10.1 Å². The van der Waals surface area contributed by atoms with Crippen LogP contribution in [0.2, 0.25) is 5.02 Å². The van der Waals surface area contributed by atoms with Crippen LogP contribution >= 0.6 is 11.6 Å². The van der Waals surface area contributed by atoms with Gasteiger partial charge in [-0.05, 0) is 54.9 Å². The van der Waals surface area contributed by atoms with E-state index in [0.717, 1.165) is 5.56 Å². The quantitative estimate of drug-likeness (QED) is 0.705. The van der Waals surface area contributed by atoms with E-state index in [-0.39, 0.29) is 16.4 Å². The molecule has 1 saturated heterocycles. The third-order valence-electron chi connectivity index (χ3n) is 4.82. The second-order valence-corrected chi connectivity index (χ2v) is 11.5. The summed E-state index contributed by atoms with van der Waals surface area (Å²) in [5.41, 5.74) is 1.03. The second kappa shape index (κ2) is 8.41. The van der Waals surface area contributed by atoms with Gasteiger partial charge in [0.05, 0.1) is 28.8 Å². The van der Waals surface area contributed by atoms with Crippen molar-refractivity contribution in [3.8, 4) is 5.75 Å². The van der Waals surface area contributed by atoms with Crippen molar-refractivity contribution in [2.24, 2.45) is 0 Å². The third kappa shape index (κ3) is 4.86. The highest BCUT2D eigenvalue weighted by Crippen LogP contribution is 2.27. The summed E-state index contributed by atoms with van der Waals surface area (Å²) >= 11 is 5.87. The maximum Gasteiger partial charge on any atom is 0.183 e. The summed E-state index contributed by atoms with van der Waals surface area (Å²) in [5, 5.41) is 2.76. The molecule has 1 heterocycles. The molecule has 0 radical (unpaired) electrons. The Balaban J connectivity index is 1.74. The molecule has 1 N–H and O–H groups in total. The van der Waals surface area contributed by atoms with Crippen molar-refractivity contribution in [1.29, 1.82) is 0 Å². The minimum atomic E-state index is -3.80. The maximum absolute atomic E-state index is 13.0. The van der Waals surface area contributed by atoms with Crippen molar-refractivity contribution in [2.75, 3.05) is 25.2 Å². The minimum absolute atomic E-state index is 0.0971. The van der Waals surface area contributed by atoms with Crippen molar-refractivity contribution in [2.45, 2.75) is 22.6 Å². The summed E-state index contributed by atoms with van der Waals surface area (Å²) in [6.07, 6.45) is 0.642. The fraction of sp³-hybridized carbons (Fsp3) is 0.368. The van der Waals surface area contributed by atoms with Gasteiger partial charge in [-0.3, -0.25) is 0 Å². The molecular formula is C19H22ClNO5S2. The van der Waals surface area contributed by atoms with E-state index in [2.05, 4.69) is 5.32 Å². The van der Waals surface area contributed by atoms with E-state index in [1.54, 1.807) is 24.3 Å². The molecule has 9 heteroatoms. The highest BCUT2D eigenvalue weighted by Gasteiger charge is 2.45. The largest absolute Gasteiger partial charge is 0.497 e. The number of halogens is 1. The first-order valence-electron chi connectivity index (χ1n) is 8.77. The molecule has 2 aromatic rings. The molecule has 2 aromatic carbocycles. The number of sulfone groups is 2. The zero-order chi connectivity index (χ0) is 20.4. The third-order valence-corrected chi connectivity index (χ3v) is 9.24. The lowest BCUT2D eigenvalue weighted by molar-refractivity contribution is 0.414. The second-order valence-electron chi connectivity index (χ2n) is 6.77. The molecule has 6 nitrogen and oxygen atoms in total. The van der Waals surface area contributed by atoms with Crippen LogP contribution in [0.5, 0.6) is 5.75 Å². The van der Waals surface area contributed by atoms with Crippen LogP contribution in [0.15, 0.2) is 53.4 Å². The smallest absolute Gasteiger partial charge is 0.183 e. The Labute approximate surface area is 170 Å². The Morgan fingerprint density at radius 3 is 2.32 bits per heavy atom. The summed E-state index contributed by atoms with van der Waals surface area (Å²) in [6.45, 7) is 0.469. The molecule has 0 saturated carbocycles. The maximum atomic E-state index is 13.0. The lowest BCUT2D eigenvalue weighted by Crippen LogP contribution is -2.44. The summed E-state index contributed by atoms with van der Waals surface area (Å²) < 4.78 is 55.5. The molecule has 3 rings (SSSR count). The molecule has 2 atom stereocenters. The molecule has 152 valence electrons. The van der Waals surface area contributed by atoms with E-state index >= 15 is 0 Å². The Hall–Kier alpha value is -1.61. The molecule has 1 aliphatic rings. The lowest BCUT2D eigenvalue weighted by atomic mass is 10.1. The summed E-state index contributed by atoms with van der Waals surface area (Å²) in [7, 11) is -5.74. The zero-order valence-corrected chi connectivity index (χ0v) is 17.7. The average molecular weight is 444 g/mol. The molecule has 0 aliphatic carbocycles. The monoisotopic (exact) mass is 443 g/mol. The van der Waals surface area contributed by atoms with Crippen LogP contribution in [0.4, 0.5) is 0 Å². The molecule has 2 unspecified atom stereocenters. The van der Waals surface area contributed by atoms with Gasteiger partial charge in [-0.25, -0.2) is 16.8 Å². The van der Waals surface area contributed by atoms with Gasteiger partial charge in [-0.15, -0.1) is 0 Å². The molecule has 28 heavy (non-hydrogen) atoms. The normalized spacial score (nSPS) is 21.5. The fourth-order valence-corrected chi connectivity index (χ4v) is 8.15. The van der Waals surface area contributed by atoms with Crippen LogP contribution in [-0.2, 0) is 26.1 Å². The van der Waals surface area contributed by atoms with Crippen molar-refractivity contribution >= 4 is 31.3 Å². The summed E-state index contributed by atoms with van der Waals surface area (Å²) in [4.78, 5) is 0.0971. The number of methoxy groups -OCH3 is 1. The summed E-state index contributed by atoms with van der Waals surface area (Å²) in [5.74, 6) is -0.0242. The molecule has 1 aliphatic heterocycles. The molecular weight excluding hydrogens is 422 g/mol. The van der Waals surface area contributed by atoms with Gasteiger partial charge in [0.15, 0.2) is 19.7 Å². The van der Waals surface area contributed by atoms with Crippen molar-refractivity contribution in [3.05, 3.63) is 59.1 Å². The Bertz CT molecular complexity index is 1020. The lowest BCUT2D eigenvalue weighted by Gasteiger charge is -2.20. The first kappa shape index (κ1) is 21.1. The van der Waals surface area contributed by atoms with E-state index in [0.29, 0.717) is 23.7 Å². The van der Waals surface area contributed by atoms with E-state index in [1.807, 2.05) is 12.1 Å². The number of benzene rings is 2. The van der Waals surface area contributed by atoms with Crippen molar-refractivity contribution < 1.29 is 21.6 Å². The number of ether oxygens (including phenoxy) is 1. The fourth-order valence-electron chi connectivity index (χ4n) is 3.30. The predicted octanol–water partition coefficient (Wildman–Crippen LogP) is 2.12. The van der Waals surface area contributed by atoms with Crippen LogP contribution in [0.3, 0.4) is 0 Å². The first-order valence-corrected chi connectivity index (χ1v) is 12.5. The molecule has 1 fully saturated rings. The summed E-state index contributed by atoms with van der Waals surface area (Å²) in [6, 6.07) is 12.7. The van der Waals surface area contributed by atoms with Crippen molar-refractivity contribution in [3.63, 3.8) is 0 Å². The highest BCUT2D eigenvalue weighted by molar-refractivity contribution is 7.96. The topological polar surface area (TPSA) is 89.5 Å². The first-order chi connectivity index (χ1) is 13.2. The SMILES string of the molecule is COc1ccc(S(=O)(=O)C2CS(=O)(=O)CC2NCCc2ccc(Cl)cc2)cc1. The molecule has 0 bridgehead atoms. The van der Waals surface area contributed by atoms with Gasteiger partial charge in [-0.2, -0.15) is 0 Å². The molecule has 0 spiro atoms. The number of hydrogen-bond acceptors (Lipinski definition) is 6. The standard InChI is InChI=1S/C19H22ClNO5S2/c1-26-16-6-8-17(9-7-16)28(24,25)19-13-27(22,23)12-18(19)21-11-10-14-2-4-15(20)5-3-14/h2-9,18-19,21H,10-13H2,1H3. The zero-order valence-electron chi connectivity index (χ0n) is 15.3. The molecule has 0 aromatic heterocycles. The van der Waals surface area contributed by atoms with E-state index in [4.69, 9.17) is 16.3 Å². The molecule has 0 amide bonds. The van der Waals surface area contributed by atoms with Gasteiger partial charge in [0, 0.05) is 11.1 Å². The van der Waals surface area contributed by atoms with Crippen LogP contribution in [0.1, 0.15) is 5.56 Å². The highest BCUT2D eigenvalue weighted by atomic mass is 35.5. The van der Waals surface area contributed by atoms with Crippen LogP contribution in [0, 0.1) is 0 Å². The van der Waals surface area contributed by atoms with Crippen LogP contribution in [0.25, 0.3) is 0 Å². The predicted molar refractivity (Wildman–Crippen MR) is 110 cm³/mol. The van der Waals surface area contributed by atoms with E-state index in [1.165, 1.54) is 19.2 Å². The van der Waals surface area contributed by atoms with Crippen molar-refractivity contribution in [1.82, 2.24) is 5.32 Å². The van der Waals surface area contributed by atoms with Gasteiger partial charge in [0.1, 0.15) is 5.75 Å². The number of nitrogens with one attached hydrogen (secondary N) is 1. The van der Waals surface area contributed by atoms with Crippen LogP contribution in [-0.4, -0.2) is 53.3 Å².